The van der Waals surface area contributed by atoms with Gasteiger partial charge in [0.15, 0.2) is 6.61 Å². The van der Waals surface area contributed by atoms with E-state index >= 15 is 0 Å². The molecular weight excluding hydrogens is 443 g/mol. The summed E-state index contributed by atoms with van der Waals surface area (Å²) in [5.74, 6) is -1.98. The molecule has 0 spiro atoms. The monoisotopic (exact) mass is 454 g/mol. The summed E-state index contributed by atoms with van der Waals surface area (Å²) in [5.41, 5.74) is 0.685. The average molecular weight is 456 g/mol. The van der Waals surface area contributed by atoms with Crippen molar-refractivity contribution in [2.24, 2.45) is 0 Å². The van der Waals surface area contributed by atoms with Gasteiger partial charge in [0.2, 0.25) is 11.8 Å². The molecule has 1 saturated heterocycles. The number of rotatable bonds is 5. The summed E-state index contributed by atoms with van der Waals surface area (Å²) in [5, 5.41) is 3.04. The maximum atomic E-state index is 12.1. The van der Waals surface area contributed by atoms with Crippen LogP contribution in [0.5, 0.6) is 0 Å². The Hall–Kier alpha value is -2.61. The lowest BCUT2D eigenvalue weighted by atomic mass is 10.2. The summed E-state index contributed by atoms with van der Waals surface area (Å²) < 4.78 is 4.96. The van der Waals surface area contributed by atoms with Crippen LogP contribution in [0, 0.1) is 0 Å². The second kappa shape index (κ2) is 8.82. The van der Waals surface area contributed by atoms with E-state index in [1.165, 1.54) is 36.4 Å². The lowest BCUT2D eigenvalue weighted by molar-refractivity contribution is -0.121. The van der Waals surface area contributed by atoms with Crippen LogP contribution >= 0.6 is 34.8 Å². The molecule has 1 N–H and O–H groups in total. The number of esters is 1. The summed E-state index contributed by atoms with van der Waals surface area (Å²) in [6, 6.07) is 8.56. The number of ether oxygens (including phenoxy) is 1. The number of anilines is 2. The number of carbonyl (C=O) groups excluding carboxylic acids is 4. The second-order valence-corrected chi connectivity index (χ2v) is 7.29. The van der Waals surface area contributed by atoms with Gasteiger partial charge in [0.25, 0.3) is 5.91 Å². The van der Waals surface area contributed by atoms with Crippen molar-refractivity contribution in [2.75, 3.05) is 16.8 Å². The van der Waals surface area contributed by atoms with Crippen LogP contribution in [-0.4, -0.2) is 30.3 Å². The first-order chi connectivity index (χ1) is 13.8. The molecule has 1 fully saturated rings. The summed E-state index contributed by atoms with van der Waals surface area (Å²) >= 11 is 17.8. The third-order valence-electron chi connectivity index (χ3n) is 4.02. The molecule has 150 valence electrons. The molecule has 0 aliphatic carbocycles. The molecule has 2 aromatic carbocycles. The smallest absolute Gasteiger partial charge is 0.338 e. The van der Waals surface area contributed by atoms with Crippen molar-refractivity contribution in [3.05, 3.63) is 57.0 Å². The molecule has 0 atom stereocenters. The van der Waals surface area contributed by atoms with Gasteiger partial charge in [0, 0.05) is 17.9 Å². The van der Waals surface area contributed by atoms with E-state index in [9.17, 15) is 19.2 Å². The average Bonchev–Trinajstić information content (AvgIpc) is 3.01. The number of imide groups is 1. The van der Waals surface area contributed by atoms with Crippen LogP contribution in [0.4, 0.5) is 11.4 Å². The molecule has 0 saturated carbocycles. The van der Waals surface area contributed by atoms with Gasteiger partial charge >= 0.3 is 5.97 Å². The summed E-state index contributed by atoms with van der Waals surface area (Å²) in [6.07, 6.45) is 0.332. The molecule has 1 aliphatic heterocycles. The minimum Gasteiger partial charge on any atom is -0.452 e. The Morgan fingerprint density at radius 3 is 2.07 bits per heavy atom. The lowest BCUT2D eigenvalue weighted by Crippen LogP contribution is -2.28. The minimum absolute atomic E-state index is 0.142. The number of halogens is 3. The van der Waals surface area contributed by atoms with Crippen molar-refractivity contribution in [1.82, 2.24) is 0 Å². The van der Waals surface area contributed by atoms with E-state index in [1.54, 1.807) is 0 Å². The zero-order valence-electron chi connectivity index (χ0n) is 14.7. The molecule has 29 heavy (non-hydrogen) atoms. The molecule has 2 aromatic rings. The highest BCUT2D eigenvalue weighted by atomic mass is 35.5. The van der Waals surface area contributed by atoms with Crippen LogP contribution in [0.3, 0.4) is 0 Å². The predicted octanol–water partition coefficient (Wildman–Crippen LogP) is 4.10. The van der Waals surface area contributed by atoms with Gasteiger partial charge in [-0.2, -0.15) is 0 Å². The maximum absolute atomic E-state index is 12.1. The zero-order valence-corrected chi connectivity index (χ0v) is 17.0. The van der Waals surface area contributed by atoms with Crippen molar-refractivity contribution in [3.63, 3.8) is 0 Å². The minimum atomic E-state index is -0.751. The highest BCUT2D eigenvalue weighted by molar-refractivity contribution is 6.42. The Bertz CT molecular complexity index is 968. The van der Waals surface area contributed by atoms with Gasteiger partial charge < -0.3 is 10.1 Å². The Balaban J connectivity index is 1.59. The van der Waals surface area contributed by atoms with Crippen LogP contribution in [0.25, 0.3) is 0 Å². The molecular formula is C19H13Cl3N2O5. The molecule has 0 aromatic heterocycles. The maximum Gasteiger partial charge on any atom is 0.338 e. The van der Waals surface area contributed by atoms with E-state index in [1.807, 2.05) is 0 Å². The van der Waals surface area contributed by atoms with Crippen molar-refractivity contribution in [1.29, 1.82) is 0 Å². The highest BCUT2D eigenvalue weighted by Crippen LogP contribution is 2.33. The fraction of sp³-hybridized carbons (Fsp3) is 0.158. The molecule has 1 heterocycles. The highest BCUT2D eigenvalue weighted by Gasteiger charge is 2.30. The van der Waals surface area contributed by atoms with Gasteiger partial charge in [-0.05, 0) is 36.4 Å². The Morgan fingerprint density at radius 2 is 1.52 bits per heavy atom. The third-order valence-corrected chi connectivity index (χ3v) is 4.83. The molecule has 10 heteroatoms. The van der Waals surface area contributed by atoms with Gasteiger partial charge in [-0.1, -0.05) is 34.8 Å². The number of carbonyl (C=O) groups is 4. The first kappa shape index (κ1) is 21.1. The Kier molecular flexibility index (Phi) is 6.42. The number of amides is 3. The molecule has 3 amide bonds. The van der Waals surface area contributed by atoms with E-state index in [0.29, 0.717) is 10.7 Å². The van der Waals surface area contributed by atoms with Crippen LogP contribution in [0.2, 0.25) is 15.1 Å². The number of nitrogens with zero attached hydrogens (tertiary/aromatic N) is 1. The van der Waals surface area contributed by atoms with Crippen LogP contribution in [0.1, 0.15) is 23.2 Å². The number of hydrogen-bond donors (Lipinski definition) is 1. The van der Waals surface area contributed by atoms with E-state index in [2.05, 4.69) is 5.32 Å². The van der Waals surface area contributed by atoms with E-state index in [4.69, 9.17) is 39.5 Å². The Morgan fingerprint density at radius 1 is 0.966 bits per heavy atom. The van der Waals surface area contributed by atoms with Crippen molar-refractivity contribution >= 4 is 69.9 Å². The fourth-order valence-electron chi connectivity index (χ4n) is 2.66. The normalized spacial score (nSPS) is 13.6. The number of benzene rings is 2. The molecule has 3 rings (SSSR count). The number of hydrogen-bond acceptors (Lipinski definition) is 5. The van der Waals surface area contributed by atoms with Gasteiger partial charge in [-0.25, -0.2) is 4.79 Å². The quantitative estimate of drug-likeness (QED) is 0.541. The predicted molar refractivity (Wildman–Crippen MR) is 109 cm³/mol. The topological polar surface area (TPSA) is 92.8 Å². The Labute approximate surface area is 180 Å². The molecule has 1 aliphatic rings. The lowest BCUT2D eigenvalue weighted by Gasteiger charge is -2.14. The van der Waals surface area contributed by atoms with Crippen molar-refractivity contribution in [3.8, 4) is 0 Å². The van der Waals surface area contributed by atoms with Crippen molar-refractivity contribution < 1.29 is 23.9 Å². The molecule has 0 bridgehead atoms. The first-order valence-corrected chi connectivity index (χ1v) is 9.47. The van der Waals surface area contributed by atoms with E-state index < -0.39 is 18.5 Å². The standard InChI is InChI=1S/C19H13Cl3N2O5/c20-11-7-13(21)18(14(22)8-11)23-15(25)9-29-19(28)10-1-3-12(4-2-10)24-16(26)5-6-17(24)27/h1-4,7-8H,5-6,9H2,(H,23,25). The van der Waals surface area contributed by atoms with E-state index in [0.717, 1.165) is 4.90 Å². The van der Waals surface area contributed by atoms with Gasteiger partial charge in [-0.15, -0.1) is 0 Å². The third kappa shape index (κ3) is 4.87. The zero-order chi connectivity index (χ0) is 21.1. The largest absolute Gasteiger partial charge is 0.452 e. The van der Waals surface area contributed by atoms with Gasteiger partial charge in [0.1, 0.15) is 0 Å². The van der Waals surface area contributed by atoms with Gasteiger partial charge in [-0.3, -0.25) is 19.3 Å². The fourth-order valence-corrected chi connectivity index (χ4v) is 3.57. The van der Waals surface area contributed by atoms with Crippen LogP contribution in [-0.2, 0) is 19.1 Å². The first-order valence-electron chi connectivity index (χ1n) is 8.33. The van der Waals surface area contributed by atoms with Crippen LogP contribution < -0.4 is 10.2 Å². The summed E-state index contributed by atoms with van der Waals surface area (Å²) in [7, 11) is 0. The second-order valence-electron chi connectivity index (χ2n) is 6.04. The van der Waals surface area contributed by atoms with Gasteiger partial charge in [0.05, 0.1) is 27.0 Å². The summed E-state index contributed by atoms with van der Waals surface area (Å²) in [6.45, 7) is -0.570. The van der Waals surface area contributed by atoms with E-state index in [-0.39, 0.29) is 46.0 Å². The molecule has 0 unspecified atom stereocenters. The number of nitrogens with one attached hydrogen (secondary N) is 1. The summed E-state index contributed by atoms with van der Waals surface area (Å²) in [4.78, 5) is 48.7. The van der Waals surface area contributed by atoms with Crippen LogP contribution in [0.15, 0.2) is 36.4 Å². The molecule has 0 radical (unpaired) electrons. The molecule has 7 nitrogen and oxygen atoms in total. The van der Waals surface area contributed by atoms with Crippen molar-refractivity contribution in [2.45, 2.75) is 12.8 Å². The SMILES string of the molecule is O=C(COC(=O)c1ccc(N2C(=O)CCC2=O)cc1)Nc1c(Cl)cc(Cl)cc1Cl.